The molecule has 2 aromatic rings. The second-order valence-electron chi connectivity index (χ2n) is 3.27. The number of thiophene rings is 1. The van der Waals surface area contributed by atoms with Crippen molar-refractivity contribution in [1.82, 2.24) is 0 Å². The van der Waals surface area contributed by atoms with E-state index in [0.717, 1.165) is 10.4 Å². The van der Waals surface area contributed by atoms with E-state index in [1.165, 1.54) is 15.3 Å². The van der Waals surface area contributed by atoms with Gasteiger partial charge in [-0.2, -0.15) is 0 Å². The van der Waals surface area contributed by atoms with Crippen molar-refractivity contribution in [3.05, 3.63) is 52.4 Å². The smallest absolute Gasteiger partial charge is 0.0412 e. The van der Waals surface area contributed by atoms with Crippen molar-refractivity contribution < 1.29 is 0 Å². The van der Waals surface area contributed by atoms with Crippen molar-refractivity contribution in [1.29, 1.82) is 0 Å². The van der Waals surface area contributed by atoms with E-state index >= 15 is 0 Å². The molecule has 0 N–H and O–H groups in total. The number of benzene rings is 1. The van der Waals surface area contributed by atoms with Gasteiger partial charge < -0.3 is 0 Å². The highest BCUT2D eigenvalue weighted by atomic mass is 79.9. The van der Waals surface area contributed by atoms with E-state index in [1.807, 2.05) is 18.2 Å². The predicted molar refractivity (Wildman–Crippen MR) is 77.6 cm³/mol. The molecule has 0 nitrogen and oxygen atoms in total. The van der Waals surface area contributed by atoms with Crippen LogP contribution in [-0.2, 0) is 0 Å². The second-order valence-corrected chi connectivity index (χ2v) is 5.47. The van der Waals surface area contributed by atoms with Crippen LogP contribution in [0.5, 0.6) is 0 Å². The summed E-state index contributed by atoms with van der Waals surface area (Å²) in [4.78, 5) is 2.51. The van der Waals surface area contributed by atoms with Crippen LogP contribution in [0.2, 0.25) is 5.02 Å². The van der Waals surface area contributed by atoms with Crippen LogP contribution in [-0.4, -0.2) is 5.33 Å². The second kappa shape index (κ2) is 5.67. The van der Waals surface area contributed by atoms with Crippen molar-refractivity contribution in [3.8, 4) is 10.4 Å². The lowest BCUT2D eigenvalue weighted by Crippen LogP contribution is -1.70. The van der Waals surface area contributed by atoms with Gasteiger partial charge in [-0.1, -0.05) is 45.7 Å². The van der Waals surface area contributed by atoms with Gasteiger partial charge in [-0.25, -0.2) is 0 Å². The van der Waals surface area contributed by atoms with Crippen LogP contribution in [0.3, 0.4) is 0 Å². The molecule has 16 heavy (non-hydrogen) atoms. The third kappa shape index (κ3) is 2.97. The first kappa shape index (κ1) is 11.9. The van der Waals surface area contributed by atoms with Gasteiger partial charge in [-0.3, -0.25) is 0 Å². The molecule has 0 saturated heterocycles. The van der Waals surface area contributed by atoms with Crippen molar-refractivity contribution in [2.24, 2.45) is 0 Å². The minimum Gasteiger partial charge on any atom is -0.136 e. The molecule has 0 bridgehead atoms. The molecule has 0 saturated carbocycles. The molecule has 82 valence electrons. The molecule has 0 aliphatic heterocycles. The summed E-state index contributed by atoms with van der Waals surface area (Å²) in [6.45, 7) is 0. The van der Waals surface area contributed by atoms with Gasteiger partial charge in [-0.05, 0) is 35.9 Å². The van der Waals surface area contributed by atoms with Crippen LogP contribution < -0.4 is 0 Å². The lowest BCUT2D eigenvalue weighted by atomic mass is 10.2. The Balaban J connectivity index is 2.28. The summed E-state index contributed by atoms with van der Waals surface area (Å²) < 4.78 is 0. The fraction of sp³-hybridized carbons (Fsp3) is 0.0769. The van der Waals surface area contributed by atoms with Crippen LogP contribution in [0.25, 0.3) is 16.5 Å². The zero-order valence-corrected chi connectivity index (χ0v) is 11.6. The minimum absolute atomic E-state index is 0.781. The van der Waals surface area contributed by atoms with Gasteiger partial charge >= 0.3 is 0 Å². The first-order chi connectivity index (χ1) is 7.79. The molecule has 1 aromatic heterocycles. The van der Waals surface area contributed by atoms with Crippen LogP contribution in [0.4, 0.5) is 0 Å². The molecule has 2 rings (SSSR count). The Morgan fingerprint density at radius 1 is 1.25 bits per heavy atom. The summed E-state index contributed by atoms with van der Waals surface area (Å²) in [5, 5.41) is 1.67. The zero-order valence-electron chi connectivity index (χ0n) is 8.49. The van der Waals surface area contributed by atoms with Crippen molar-refractivity contribution in [3.63, 3.8) is 0 Å². The van der Waals surface area contributed by atoms with Crippen molar-refractivity contribution >= 4 is 44.9 Å². The molecule has 0 atom stereocenters. The monoisotopic (exact) mass is 312 g/mol. The van der Waals surface area contributed by atoms with Crippen molar-refractivity contribution in [2.45, 2.75) is 0 Å². The van der Waals surface area contributed by atoms with Gasteiger partial charge in [0.2, 0.25) is 0 Å². The molecule has 0 fully saturated rings. The maximum Gasteiger partial charge on any atom is 0.0412 e. The standard InChI is InChI=1S/C13H10BrClS/c14-8-2-5-12-6-7-13(16-12)10-3-1-4-11(15)9-10/h1-7,9H,8H2. The quantitative estimate of drug-likeness (QED) is 0.658. The molecule has 0 spiro atoms. The van der Waals surface area contributed by atoms with Gasteiger partial charge in [0.25, 0.3) is 0 Å². The summed E-state index contributed by atoms with van der Waals surface area (Å²) in [5.41, 5.74) is 1.18. The summed E-state index contributed by atoms with van der Waals surface area (Å²) >= 11 is 11.1. The third-order valence-electron chi connectivity index (χ3n) is 2.11. The highest BCUT2D eigenvalue weighted by Crippen LogP contribution is 2.30. The van der Waals surface area contributed by atoms with Gasteiger partial charge in [0.15, 0.2) is 0 Å². The maximum atomic E-state index is 5.97. The van der Waals surface area contributed by atoms with Gasteiger partial charge in [-0.15, -0.1) is 11.3 Å². The minimum atomic E-state index is 0.781. The number of halogens is 2. The molecular formula is C13H10BrClS. The number of rotatable bonds is 3. The lowest BCUT2D eigenvalue weighted by Gasteiger charge is -1.96. The first-order valence-corrected chi connectivity index (χ1v) is 7.19. The summed E-state index contributed by atoms with van der Waals surface area (Å²) in [5.74, 6) is 0. The Kier molecular flexibility index (Phi) is 4.22. The Labute approximate surface area is 113 Å². The number of alkyl halides is 1. The maximum absolute atomic E-state index is 5.97. The Morgan fingerprint density at radius 3 is 2.88 bits per heavy atom. The van der Waals surface area contributed by atoms with E-state index in [1.54, 1.807) is 11.3 Å². The first-order valence-electron chi connectivity index (χ1n) is 4.88. The average Bonchev–Trinajstić information content (AvgIpc) is 2.75. The molecule has 1 aromatic carbocycles. The normalized spacial score (nSPS) is 11.1. The Hall–Kier alpha value is -0.570. The van der Waals surface area contributed by atoms with Crippen LogP contribution >= 0.6 is 38.9 Å². The fourth-order valence-electron chi connectivity index (χ4n) is 1.40. The van der Waals surface area contributed by atoms with Crippen LogP contribution in [0.15, 0.2) is 42.5 Å². The van der Waals surface area contributed by atoms with E-state index in [0.29, 0.717) is 0 Å². The lowest BCUT2D eigenvalue weighted by molar-refractivity contribution is 1.70. The summed E-state index contributed by atoms with van der Waals surface area (Å²) in [6.07, 6.45) is 4.21. The molecule has 1 heterocycles. The van der Waals surface area contributed by atoms with E-state index in [2.05, 4.69) is 46.3 Å². The number of hydrogen-bond acceptors (Lipinski definition) is 1. The predicted octanol–water partition coefficient (Wildman–Crippen LogP) is 5.48. The van der Waals surface area contributed by atoms with Crippen molar-refractivity contribution in [2.75, 3.05) is 5.33 Å². The Morgan fingerprint density at radius 2 is 2.12 bits per heavy atom. The van der Waals surface area contributed by atoms with Crippen LogP contribution in [0.1, 0.15) is 4.88 Å². The van der Waals surface area contributed by atoms with Gasteiger partial charge in [0, 0.05) is 20.1 Å². The molecule has 0 unspecified atom stereocenters. The van der Waals surface area contributed by atoms with Gasteiger partial charge in [0.05, 0.1) is 0 Å². The molecule has 3 heteroatoms. The fourth-order valence-corrected chi connectivity index (χ4v) is 2.71. The molecule has 0 aliphatic rings. The topological polar surface area (TPSA) is 0 Å². The third-order valence-corrected chi connectivity index (χ3v) is 3.82. The van der Waals surface area contributed by atoms with E-state index < -0.39 is 0 Å². The highest BCUT2D eigenvalue weighted by Gasteiger charge is 2.01. The Bertz CT molecular complexity index is 502. The molecule has 0 aliphatic carbocycles. The molecular weight excluding hydrogens is 304 g/mol. The van der Waals surface area contributed by atoms with E-state index in [9.17, 15) is 0 Å². The number of hydrogen-bond donors (Lipinski definition) is 0. The van der Waals surface area contributed by atoms with E-state index in [4.69, 9.17) is 11.6 Å². The highest BCUT2D eigenvalue weighted by molar-refractivity contribution is 9.09. The zero-order chi connectivity index (χ0) is 11.4. The molecule has 0 amide bonds. The van der Waals surface area contributed by atoms with E-state index in [-0.39, 0.29) is 0 Å². The SMILES string of the molecule is Clc1cccc(-c2ccc(C=CCBr)s2)c1. The van der Waals surface area contributed by atoms with Gasteiger partial charge in [0.1, 0.15) is 0 Å². The average molecular weight is 314 g/mol. The molecule has 0 radical (unpaired) electrons. The largest absolute Gasteiger partial charge is 0.136 e. The summed E-state index contributed by atoms with van der Waals surface area (Å²) in [6, 6.07) is 12.2. The van der Waals surface area contributed by atoms with Crippen LogP contribution in [0, 0.1) is 0 Å². The summed E-state index contributed by atoms with van der Waals surface area (Å²) in [7, 11) is 0. The number of allylic oxidation sites excluding steroid dienone is 1.